The van der Waals surface area contributed by atoms with Crippen LogP contribution in [0.3, 0.4) is 0 Å². The molecule has 0 aliphatic carbocycles. The molecular formula is C13H17Cl. The topological polar surface area (TPSA) is 0 Å². The number of halogens is 1. The lowest BCUT2D eigenvalue weighted by Crippen LogP contribution is -1.99. The lowest BCUT2D eigenvalue weighted by Gasteiger charge is -2.14. The summed E-state index contributed by atoms with van der Waals surface area (Å²) < 4.78 is 0. The van der Waals surface area contributed by atoms with E-state index in [2.05, 4.69) is 40.3 Å². The Kier molecular flexibility index (Phi) is 3.38. The number of hydrogen-bond acceptors (Lipinski definition) is 0. The van der Waals surface area contributed by atoms with E-state index in [0.29, 0.717) is 5.03 Å². The first-order valence-electron chi connectivity index (χ1n) is 4.83. The maximum atomic E-state index is 5.87. The summed E-state index contributed by atoms with van der Waals surface area (Å²) in [6.45, 7) is 12.3. The molecule has 0 heterocycles. The molecule has 0 aliphatic rings. The van der Waals surface area contributed by atoms with Crippen molar-refractivity contribution >= 4 is 11.6 Å². The molecule has 0 amide bonds. The van der Waals surface area contributed by atoms with Crippen LogP contribution in [0.5, 0.6) is 0 Å². The normalized spacial score (nSPS) is 10.4. The molecule has 0 radical (unpaired) electrons. The van der Waals surface area contributed by atoms with Gasteiger partial charge in [0.1, 0.15) is 0 Å². The van der Waals surface area contributed by atoms with Gasteiger partial charge in [-0.15, -0.1) is 0 Å². The number of allylic oxidation sites excluding steroid dienone is 1. The van der Waals surface area contributed by atoms with Crippen molar-refractivity contribution in [2.75, 3.05) is 0 Å². The molecule has 1 aromatic rings. The van der Waals surface area contributed by atoms with E-state index in [1.807, 2.05) is 0 Å². The second-order valence-electron chi connectivity index (χ2n) is 3.93. The van der Waals surface area contributed by atoms with Crippen LogP contribution in [-0.2, 0) is 6.42 Å². The highest BCUT2D eigenvalue weighted by atomic mass is 35.5. The van der Waals surface area contributed by atoms with Gasteiger partial charge in [0.25, 0.3) is 0 Å². The smallest absolute Gasteiger partial charge is 0.0153 e. The van der Waals surface area contributed by atoms with Crippen LogP contribution in [0.4, 0.5) is 0 Å². The molecule has 0 aliphatic heterocycles. The minimum atomic E-state index is 0.709. The largest absolute Gasteiger partial charge is 0.0894 e. The molecule has 0 saturated heterocycles. The van der Waals surface area contributed by atoms with Crippen molar-refractivity contribution in [1.29, 1.82) is 0 Å². The second kappa shape index (κ2) is 4.18. The maximum Gasteiger partial charge on any atom is 0.0153 e. The molecular weight excluding hydrogens is 192 g/mol. The molecule has 0 atom stereocenters. The van der Waals surface area contributed by atoms with Crippen molar-refractivity contribution in [3.63, 3.8) is 0 Å². The van der Waals surface area contributed by atoms with Crippen LogP contribution in [0, 0.1) is 27.7 Å². The second-order valence-corrected chi connectivity index (χ2v) is 4.47. The van der Waals surface area contributed by atoms with Crippen LogP contribution in [0.25, 0.3) is 0 Å². The first kappa shape index (κ1) is 11.3. The molecule has 0 bridgehead atoms. The van der Waals surface area contributed by atoms with Gasteiger partial charge in [0, 0.05) is 11.5 Å². The molecule has 0 nitrogen and oxygen atoms in total. The van der Waals surface area contributed by atoms with E-state index in [-0.39, 0.29) is 0 Å². The molecule has 76 valence electrons. The van der Waals surface area contributed by atoms with E-state index >= 15 is 0 Å². The SMILES string of the molecule is C=C(Cl)Cc1c(C)c(C)cc(C)c1C. The first-order valence-corrected chi connectivity index (χ1v) is 5.20. The summed E-state index contributed by atoms with van der Waals surface area (Å²) in [7, 11) is 0. The number of benzene rings is 1. The Bertz CT molecular complexity index is 349. The van der Waals surface area contributed by atoms with Gasteiger partial charge >= 0.3 is 0 Å². The summed E-state index contributed by atoms with van der Waals surface area (Å²) in [6, 6.07) is 2.23. The average molecular weight is 209 g/mol. The highest BCUT2D eigenvalue weighted by molar-refractivity contribution is 6.29. The zero-order valence-electron chi connectivity index (χ0n) is 9.37. The lowest BCUT2D eigenvalue weighted by atomic mass is 9.92. The van der Waals surface area contributed by atoms with Crippen molar-refractivity contribution in [2.24, 2.45) is 0 Å². The lowest BCUT2D eigenvalue weighted by molar-refractivity contribution is 1.11. The van der Waals surface area contributed by atoms with Gasteiger partial charge in [0.2, 0.25) is 0 Å². The molecule has 1 heteroatoms. The van der Waals surface area contributed by atoms with E-state index in [4.69, 9.17) is 11.6 Å². The molecule has 0 fully saturated rings. The summed E-state index contributed by atoms with van der Waals surface area (Å²) in [4.78, 5) is 0. The van der Waals surface area contributed by atoms with Crippen LogP contribution in [0.2, 0.25) is 0 Å². The molecule has 1 rings (SSSR count). The van der Waals surface area contributed by atoms with Crippen LogP contribution < -0.4 is 0 Å². The molecule has 0 unspecified atom stereocenters. The van der Waals surface area contributed by atoms with Gasteiger partial charge in [0.15, 0.2) is 0 Å². The third kappa shape index (κ3) is 2.19. The van der Waals surface area contributed by atoms with Crippen LogP contribution in [-0.4, -0.2) is 0 Å². The average Bonchev–Trinajstić information content (AvgIpc) is 2.09. The zero-order chi connectivity index (χ0) is 10.9. The van der Waals surface area contributed by atoms with Gasteiger partial charge in [-0.25, -0.2) is 0 Å². The van der Waals surface area contributed by atoms with Gasteiger partial charge in [-0.05, 0) is 55.5 Å². The minimum absolute atomic E-state index is 0.709. The van der Waals surface area contributed by atoms with Gasteiger partial charge in [-0.2, -0.15) is 0 Å². The fourth-order valence-electron chi connectivity index (χ4n) is 1.76. The summed E-state index contributed by atoms with van der Waals surface area (Å²) in [5, 5.41) is 0.709. The van der Waals surface area contributed by atoms with Crippen molar-refractivity contribution < 1.29 is 0 Å². The highest BCUT2D eigenvalue weighted by Gasteiger charge is 2.08. The summed E-state index contributed by atoms with van der Waals surface area (Å²) in [6.07, 6.45) is 0.780. The predicted molar refractivity (Wildman–Crippen MR) is 64.1 cm³/mol. The first-order chi connectivity index (χ1) is 6.43. The number of rotatable bonds is 2. The highest BCUT2D eigenvalue weighted by Crippen LogP contribution is 2.24. The Morgan fingerprint density at radius 3 is 1.93 bits per heavy atom. The van der Waals surface area contributed by atoms with Crippen LogP contribution in [0.1, 0.15) is 27.8 Å². The van der Waals surface area contributed by atoms with E-state index in [1.165, 1.54) is 27.8 Å². The Labute approximate surface area is 91.6 Å². The van der Waals surface area contributed by atoms with Gasteiger partial charge < -0.3 is 0 Å². The van der Waals surface area contributed by atoms with Crippen molar-refractivity contribution in [3.8, 4) is 0 Å². The Balaban J connectivity index is 3.31. The number of aryl methyl sites for hydroxylation is 2. The van der Waals surface area contributed by atoms with Crippen molar-refractivity contribution in [2.45, 2.75) is 34.1 Å². The number of hydrogen-bond donors (Lipinski definition) is 0. The fraction of sp³-hybridized carbons (Fsp3) is 0.385. The Morgan fingerprint density at radius 1 is 1.14 bits per heavy atom. The monoisotopic (exact) mass is 208 g/mol. The third-order valence-corrected chi connectivity index (χ3v) is 3.02. The molecule has 0 aromatic heterocycles. The summed E-state index contributed by atoms with van der Waals surface area (Å²) in [5.74, 6) is 0. The molecule has 0 spiro atoms. The Hall–Kier alpha value is -0.750. The fourth-order valence-corrected chi connectivity index (χ4v) is 1.89. The van der Waals surface area contributed by atoms with Crippen LogP contribution >= 0.6 is 11.6 Å². The quantitative estimate of drug-likeness (QED) is 0.683. The van der Waals surface area contributed by atoms with Crippen LogP contribution in [0.15, 0.2) is 17.7 Å². The standard InChI is InChI=1S/C13H17Cl/c1-8-6-9(2)12(5)13(11(8)4)7-10(3)14/h6H,3,7H2,1-2,4-5H3. The summed E-state index contributed by atoms with van der Waals surface area (Å²) in [5.41, 5.74) is 6.69. The molecule has 0 N–H and O–H groups in total. The summed E-state index contributed by atoms with van der Waals surface area (Å²) >= 11 is 5.87. The van der Waals surface area contributed by atoms with E-state index in [1.54, 1.807) is 0 Å². The molecule has 1 aromatic carbocycles. The predicted octanol–water partition coefficient (Wildman–Crippen LogP) is 4.22. The van der Waals surface area contributed by atoms with Gasteiger partial charge in [-0.3, -0.25) is 0 Å². The maximum absolute atomic E-state index is 5.87. The Morgan fingerprint density at radius 2 is 1.57 bits per heavy atom. The van der Waals surface area contributed by atoms with Gasteiger partial charge in [-0.1, -0.05) is 24.2 Å². The van der Waals surface area contributed by atoms with Gasteiger partial charge in [0.05, 0.1) is 0 Å². The molecule has 14 heavy (non-hydrogen) atoms. The zero-order valence-corrected chi connectivity index (χ0v) is 10.1. The van der Waals surface area contributed by atoms with Crippen molar-refractivity contribution in [1.82, 2.24) is 0 Å². The van der Waals surface area contributed by atoms with E-state index < -0.39 is 0 Å². The molecule has 0 saturated carbocycles. The van der Waals surface area contributed by atoms with E-state index in [0.717, 1.165) is 6.42 Å². The minimum Gasteiger partial charge on any atom is -0.0894 e. The van der Waals surface area contributed by atoms with Crippen molar-refractivity contribution in [3.05, 3.63) is 45.5 Å². The third-order valence-electron chi connectivity index (χ3n) is 2.89. The van der Waals surface area contributed by atoms with E-state index in [9.17, 15) is 0 Å².